The van der Waals surface area contributed by atoms with E-state index in [0.29, 0.717) is 33.9 Å². The van der Waals surface area contributed by atoms with Gasteiger partial charge in [-0.3, -0.25) is 9.88 Å². The van der Waals surface area contributed by atoms with Crippen LogP contribution in [0.25, 0.3) is 32.9 Å². The van der Waals surface area contributed by atoms with E-state index in [0.717, 1.165) is 36.7 Å². The van der Waals surface area contributed by atoms with Crippen LogP contribution in [-0.2, 0) is 0 Å². The standard InChI is InChI=1S/C24H20Cl2FN5/c1-31-14-8-9-15(31)12-32(11-14)23-17-10-28-21(20(27)22(17)29-24(26)30-23)16-6-2-4-13-5-3-7-18(25)19(13)16/h2-7,10,14-15H,8-9,11-12H2,1H3. The number of aromatic nitrogens is 3. The Balaban J connectivity index is 1.53. The number of hydrogen-bond donors (Lipinski definition) is 0. The smallest absolute Gasteiger partial charge is 0.225 e. The van der Waals surface area contributed by atoms with E-state index in [1.54, 1.807) is 12.3 Å². The van der Waals surface area contributed by atoms with Crippen molar-refractivity contribution in [3.05, 3.63) is 58.7 Å². The number of benzene rings is 2. The maximum atomic E-state index is 15.9. The third kappa shape index (κ3) is 3.04. The van der Waals surface area contributed by atoms with Gasteiger partial charge in [-0.1, -0.05) is 41.9 Å². The molecule has 2 unspecified atom stereocenters. The second kappa shape index (κ2) is 7.51. The van der Waals surface area contributed by atoms with Crippen LogP contribution in [0.2, 0.25) is 10.3 Å². The van der Waals surface area contributed by atoms with Gasteiger partial charge in [-0.2, -0.15) is 4.98 Å². The van der Waals surface area contributed by atoms with Crippen LogP contribution in [0.15, 0.2) is 42.6 Å². The van der Waals surface area contributed by atoms with Gasteiger partial charge in [-0.15, -0.1) is 0 Å². The predicted octanol–water partition coefficient (Wildman–Crippen LogP) is 5.57. The van der Waals surface area contributed by atoms with Crippen LogP contribution >= 0.6 is 23.2 Å². The summed E-state index contributed by atoms with van der Waals surface area (Å²) < 4.78 is 15.9. The molecule has 2 aliphatic heterocycles. The molecule has 162 valence electrons. The Kier molecular flexibility index (Phi) is 4.72. The van der Waals surface area contributed by atoms with Gasteiger partial charge in [-0.05, 0) is 42.9 Å². The van der Waals surface area contributed by atoms with Gasteiger partial charge >= 0.3 is 0 Å². The molecule has 0 amide bonds. The summed E-state index contributed by atoms with van der Waals surface area (Å²) in [6, 6.07) is 12.2. The summed E-state index contributed by atoms with van der Waals surface area (Å²) >= 11 is 12.8. The second-order valence-corrected chi connectivity index (χ2v) is 9.34. The third-order valence-corrected chi connectivity index (χ3v) is 7.38. The minimum Gasteiger partial charge on any atom is -0.353 e. The predicted molar refractivity (Wildman–Crippen MR) is 127 cm³/mol. The molecule has 4 heterocycles. The van der Waals surface area contributed by atoms with Crippen LogP contribution in [0, 0.1) is 5.82 Å². The number of halogens is 3. The number of likely N-dealkylation sites (N-methyl/N-ethyl adjacent to an activating group) is 1. The highest BCUT2D eigenvalue weighted by atomic mass is 35.5. The molecule has 2 atom stereocenters. The topological polar surface area (TPSA) is 45.2 Å². The van der Waals surface area contributed by atoms with Crippen molar-refractivity contribution in [3.8, 4) is 11.3 Å². The van der Waals surface area contributed by atoms with Gasteiger partial charge < -0.3 is 4.90 Å². The van der Waals surface area contributed by atoms with Gasteiger partial charge in [0.05, 0.1) is 5.39 Å². The Morgan fingerprint density at radius 3 is 2.47 bits per heavy atom. The first-order chi connectivity index (χ1) is 15.5. The van der Waals surface area contributed by atoms with E-state index in [9.17, 15) is 0 Å². The molecule has 0 spiro atoms. The van der Waals surface area contributed by atoms with E-state index < -0.39 is 5.82 Å². The van der Waals surface area contributed by atoms with Crippen LogP contribution in [-0.4, -0.2) is 52.1 Å². The first kappa shape index (κ1) is 20.1. The molecule has 8 heteroatoms. The molecule has 5 nitrogen and oxygen atoms in total. The van der Waals surface area contributed by atoms with Crippen molar-refractivity contribution in [2.75, 3.05) is 25.0 Å². The molecule has 2 aromatic carbocycles. The molecule has 2 fully saturated rings. The zero-order valence-electron chi connectivity index (χ0n) is 17.4. The Morgan fingerprint density at radius 2 is 1.72 bits per heavy atom. The molecule has 6 rings (SSSR count). The van der Waals surface area contributed by atoms with E-state index >= 15 is 4.39 Å². The summed E-state index contributed by atoms with van der Waals surface area (Å²) in [4.78, 5) is 17.9. The first-order valence-corrected chi connectivity index (χ1v) is 11.4. The molecule has 2 saturated heterocycles. The molecule has 0 saturated carbocycles. The van der Waals surface area contributed by atoms with Crippen molar-refractivity contribution in [1.29, 1.82) is 0 Å². The van der Waals surface area contributed by atoms with Crippen molar-refractivity contribution in [2.24, 2.45) is 0 Å². The zero-order valence-corrected chi connectivity index (χ0v) is 18.9. The lowest BCUT2D eigenvalue weighted by Gasteiger charge is -2.39. The fourth-order valence-corrected chi connectivity index (χ4v) is 5.67. The summed E-state index contributed by atoms with van der Waals surface area (Å²) in [5.41, 5.74) is 1.01. The van der Waals surface area contributed by atoms with E-state index in [-0.39, 0.29) is 16.5 Å². The number of fused-ring (bicyclic) bond motifs is 4. The lowest BCUT2D eigenvalue weighted by molar-refractivity contribution is 0.212. The van der Waals surface area contributed by atoms with Crippen LogP contribution in [0.3, 0.4) is 0 Å². The van der Waals surface area contributed by atoms with E-state index in [1.165, 1.54) is 0 Å². The second-order valence-electron chi connectivity index (χ2n) is 8.60. The Hall–Kier alpha value is -2.54. The maximum Gasteiger partial charge on any atom is 0.225 e. The summed E-state index contributed by atoms with van der Waals surface area (Å²) in [5.74, 6) is 0.136. The highest BCUT2D eigenvalue weighted by Crippen LogP contribution is 2.38. The van der Waals surface area contributed by atoms with Gasteiger partial charge in [-0.25, -0.2) is 9.37 Å². The van der Waals surface area contributed by atoms with Crippen molar-refractivity contribution >= 4 is 50.7 Å². The normalized spacial score (nSPS) is 21.1. The number of rotatable bonds is 2. The van der Waals surface area contributed by atoms with Crippen LogP contribution < -0.4 is 4.90 Å². The van der Waals surface area contributed by atoms with Crippen molar-refractivity contribution < 1.29 is 4.39 Å². The van der Waals surface area contributed by atoms with E-state index in [2.05, 4.69) is 31.8 Å². The monoisotopic (exact) mass is 467 g/mol. The molecular formula is C24H20Cl2FN5. The lowest BCUT2D eigenvalue weighted by atomic mass is 10.0. The Morgan fingerprint density at radius 1 is 1.00 bits per heavy atom. The number of hydrogen-bond acceptors (Lipinski definition) is 5. The van der Waals surface area contributed by atoms with E-state index in [1.807, 2.05) is 30.3 Å². The molecule has 2 aliphatic rings. The van der Waals surface area contributed by atoms with E-state index in [4.69, 9.17) is 23.2 Å². The number of anilines is 1. The fourth-order valence-electron chi connectivity index (χ4n) is 5.22. The molecular weight excluding hydrogens is 448 g/mol. The molecule has 4 aromatic rings. The number of nitrogens with zero attached hydrogens (tertiary/aromatic N) is 5. The minimum absolute atomic E-state index is 0.0331. The average molecular weight is 468 g/mol. The van der Waals surface area contributed by atoms with Crippen LogP contribution in [0.5, 0.6) is 0 Å². The summed E-state index contributed by atoms with van der Waals surface area (Å²) in [6.45, 7) is 1.66. The minimum atomic E-state index is -0.516. The fraction of sp³-hybridized carbons (Fsp3) is 0.292. The summed E-state index contributed by atoms with van der Waals surface area (Å²) in [6.07, 6.45) is 3.98. The first-order valence-electron chi connectivity index (χ1n) is 10.7. The number of piperazine rings is 1. The van der Waals surface area contributed by atoms with Crippen molar-refractivity contribution in [2.45, 2.75) is 24.9 Å². The quantitative estimate of drug-likeness (QED) is 0.360. The molecule has 0 aliphatic carbocycles. The average Bonchev–Trinajstić information content (AvgIpc) is 2.98. The Bertz CT molecular complexity index is 1360. The largest absolute Gasteiger partial charge is 0.353 e. The molecule has 0 radical (unpaired) electrons. The lowest BCUT2D eigenvalue weighted by Crippen LogP contribution is -2.52. The zero-order chi connectivity index (χ0) is 22.0. The molecule has 32 heavy (non-hydrogen) atoms. The van der Waals surface area contributed by atoms with Gasteiger partial charge in [0.1, 0.15) is 17.0 Å². The highest BCUT2D eigenvalue weighted by molar-refractivity contribution is 6.36. The van der Waals surface area contributed by atoms with Crippen LogP contribution in [0.1, 0.15) is 12.8 Å². The molecule has 2 bridgehead atoms. The third-order valence-electron chi connectivity index (χ3n) is 6.89. The number of pyridine rings is 1. The SMILES string of the molecule is CN1C2CCC1CN(c1nc(Cl)nc3c(F)c(-c4cccc5cccc(Cl)c45)ncc13)C2. The van der Waals surface area contributed by atoms with Crippen LogP contribution in [0.4, 0.5) is 10.2 Å². The summed E-state index contributed by atoms with van der Waals surface area (Å²) in [5, 5.41) is 2.84. The molecule has 2 aromatic heterocycles. The van der Waals surface area contributed by atoms with Crippen molar-refractivity contribution in [1.82, 2.24) is 19.9 Å². The maximum absolute atomic E-state index is 15.9. The van der Waals surface area contributed by atoms with Gasteiger partial charge in [0.15, 0.2) is 5.82 Å². The van der Waals surface area contributed by atoms with Gasteiger partial charge in [0.25, 0.3) is 0 Å². The van der Waals surface area contributed by atoms with Gasteiger partial charge in [0.2, 0.25) is 5.28 Å². The highest BCUT2D eigenvalue weighted by Gasteiger charge is 2.38. The molecule has 0 N–H and O–H groups in total. The summed E-state index contributed by atoms with van der Waals surface area (Å²) in [7, 11) is 2.17. The van der Waals surface area contributed by atoms with Crippen molar-refractivity contribution in [3.63, 3.8) is 0 Å². The Labute approximate surface area is 194 Å². The van der Waals surface area contributed by atoms with Gasteiger partial charge in [0, 0.05) is 47.3 Å².